The Hall–Kier alpha value is -4.28. The van der Waals surface area contributed by atoms with Gasteiger partial charge in [0.25, 0.3) is 0 Å². The maximum atomic E-state index is 13.9. The summed E-state index contributed by atoms with van der Waals surface area (Å²) in [6.07, 6.45) is -12.1. The summed E-state index contributed by atoms with van der Waals surface area (Å²) < 4.78 is 101. The van der Waals surface area contributed by atoms with Gasteiger partial charge >= 0.3 is 24.5 Å². The van der Waals surface area contributed by atoms with Crippen LogP contribution in [0.4, 0.5) is 51.7 Å². The summed E-state index contributed by atoms with van der Waals surface area (Å²) in [6.45, 7) is 4.34. The Morgan fingerprint density at radius 1 is 1.00 bits per heavy atom. The van der Waals surface area contributed by atoms with E-state index >= 15 is 0 Å². The monoisotopic (exact) mass is 575 g/mol. The lowest BCUT2D eigenvalue weighted by Crippen LogP contribution is -2.34. The van der Waals surface area contributed by atoms with E-state index in [-0.39, 0.29) is 37.5 Å². The number of carbonyl (C=O) groups excluding carboxylic acids is 3. The maximum Gasteiger partial charge on any atom is 0.420 e. The number of urea groups is 1. The summed E-state index contributed by atoms with van der Waals surface area (Å²) in [6, 6.07) is 3.23. The average Bonchev–Trinajstić information content (AvgIpc) is 3.23. The van der Waals surface area contributed by atoms with Crippen molar-refractivity contribution < 1.29 is 49.9 Å². The molecular formula is C26H24F7N3O4. The Morgan fingerprint density at radius 3 is 2.12 bits per heavy atom. The number of anilines is 2. The van der Waals surface area contributed by atoms with Gasteiger partial charge in [-0.1, -0.05) is 19.8 Å². The van der Waals surface area contributed by atoms with E-state index in [0.717, 1.165) is 43.1 Å². The highest BCUT2D eigenvalue weighted by Gasteiger charge is 2.44. The minimum absolute atomic E-state index is 0.00545. The van der Waals surface area contributed by atoms with Crippen LogP contribution in [0, 0.1) is 17.7 Å². The van der Waals surface area contributed by atoms with Gasteiger partial charge in [0.1, 0.15) is 11.4 Å². The highest BCUT2D eigenvalue weighted by Crippen LogP contribution is 2.47. The number of benzene rings is 2. The number of Topliss-reactive ketones (excluding diaryl/α,β-unsaturated/α-hetero) is 1. The molecule has 0 atom stereocenters. The third-order valence-corrected chi connectivity index (χ3v) is 5.30. The highest BCUT2D eigenvalue weighted by atomic mass is 19.4. The Labute approximate surface area is 225 Å². The molecule has 0 unspecified atom stereocenters. The van der Waals surface area contributed by atoms with Gasteiger partial charge in [-0.3, -0.25) is 14.6 Å². The van der Waals surface area contributed by atoms with Crippen LogP contribution in [-0.4, -0.2) is 49.5 Å². The number of nitrogens with zero attached hydrogens (tertiary/aromatic N) is 3. The van der Waals surface area contributed by atoms with E-state index in [1.165, 1.54) is 0 Å². The molecule has 1 aliphatic heterocycles. The molecule has 14 heteroatoms. The third-order valence-electron chi connectivity index (χ3n) is 5.30. The molecule has 0 aromatic heterocycles. The molecule has 0 spiro atoms. The minimum atomic E-state index is -5.42. The molecule has 0 N–H and O–H groups in total. The predicted molar refractivity (Wildman–Crippen MR) is 131 cm³/mol. The van der Waals surface area contributed by atoms with Crippen LogP contribution in [0.15, 0.2) is 36.4 Å². The summed E-state index contributed by atoms with van der Waals surface area (Å²) in [4.78, 5) is 38.9. The first-order chi connectivity index (χ1) is 18.6. The number of halogens is 7. The summed E-state index contributed by atoms with van der Waals surface area (Å²) in [5.74, 6) is 2.06. The molecular weight excluding hydrogens is 551 g/mol. The fraction of sp³-hybridized carbons (Fsp3) is 0.346. The molecule has 0 aliphatic carbocycles. The van der Waals surface area contributed by atoms with Crippen LogP contribution in [0.5, 0.6) is 5.75 Å². The minimum Gasteiger partial charge on any atom is -0.407 e. The summed E-state index contributed by atoms with van der Waals surface area (Å²) in [7, 11) is 1.09. The van der Waals surface area contributed by atoms with Gasteiger partial charge in [-0.05, 0) is 42.3 Å². The molecule has 1 saturated heterocycles. The fourth-order valence-corrected chi connectivity index (χ4v) is 3.43. The predicted octanol–water partition coefficient (Wildman–Crippen LogP) is 6.36. The fourth-order valence-electron chi connectivity index (χ4n) is 3.43. The van der Waals surface area contributed by atoms with E-state index in [9.17, 15) is 45.1 Å². The van der Waals surface area contributed by atoms with Crippen LogP contribution >= 0.6 is 0 Å². The van der Waals surface area contributed by atoms with Gasteiger partial charge in [0.15, 0.2) is 5.75 Å². The van der Waals surface area contributed by atoms with Gasteiger partial charge in [0.05, 0.1) is 17.8 Å². The lowest BCUT2D eigenvalue weighted by molar-refractivity contribution is -0.143. The largest absolute Gasteiger partial charge is 0.420 e. The molecule has 0 bridgehead atoms. The van der Waals surface area contributed by atoms with Crippen molar-refractivity contribution in [2.24, 2.45) is 0 Å². The summed E-state index contributed by atoms with van der Waals surface area (Å²) in [5.41, 5.74) is -4.61. The molecule has 1 heterocycles. The second-order valence-corrected chi connectivity index (χ2v) is 7.98. The lowest BCUT2D eigenvalue weighted by atomic mass is 10.1. The van der Waals surface area contributed by atoms with E-state index in [0.29, 0.717) is 9.80 Å². The number of hydrogen-bond acceptors (Lipinski definition) is 4. The molecule has 1 aliphatic rings. The molecule has 216 valence electrons. The Kier molecular flexibility index (Phi) is 10.2. The number of hydrogen-bond donors (Lipinski definition) is 0. The number of amides is 3. The van der Waals surface area contributed by atoms with Crippen LogP contribution in [0.2, 0.25) is 0 Å². The molecule has 3 amide bonds. The van der Waals surface area contributed by atoms with E-state index in [1.54, 1.807) is 0 Å². The van der Waals surface area contributed by atoms with Crippen molar-refractivity contribution in [3.05, 3.63) is 53.3 Å². The average molecular weight is 575 g/mol. The van der Waals surface area contributed by atoms with E-state index in [2.05, 4.69) is 11.8 Å². The number of alkyl halides is 6. The quantitative estimate of drug-likeness (QED) is 0.242. The van der Waals surface area contributed by atoms with Crippen molar-refractivity contribution in [3.8, 4) is 17.6 Å². The van der Waals surface area contributed by atoms with Crippen LogP contribution in [0.25, 0.3) is 0 Å². The van der Waals surface area contributed by atoms with E-state index in [4.69, 9.17) is 4.74 Å². The molecule has 7 nitrogen and oxygen atoms in total. The van der Waals surface area contributed by atoms with Gasteiger partial charge in [-0.15, -0.1) is 0 Å². The highest BCUT2D eigenvalue weighted by molar-refractivity contribution is 5.98. The van der Waals surface area contributed by atoms with Crippen LogP contribution in [0.3, 0.4) is 0 Å². The van der Waals surface area contributed by atoms with Crippen molar-refractivity contribution in [1.29, 1.82) is 0 Å². The number of rotatable bonds is 4. The van der Waals surface area contributed by atoms with Gasteiger partial charge in [0.2, 0.25) is 5.78 Å². The Morgan fingerprint density at radius 2 is 1.60 bits per heavy atom. The van der Waals surface area contributed by atoms with Gasteiger partial charge < -0.3 is 9.64 Å². The van der Waals surface area contributed by atoms with Crippen LogP contribution < -0.4 is 14.5 Å². The zero-order valence-corrected chi connectivity index (χ0v) is 21.7. The molecule has 40 heavy (non-hydrogen) atoms. The molecule has 3 rings (SSSR count). The standard InChI is InChI=1S/C24H18F7N3O4.C2H6/c1-14(35)4-3-9-33-10-11-34(21(33)36)19-13-15(23(26,27)28)12-18(24(29,30)31)20(19)38-22(37)32(2)17-7-5-16(25)6-8-17;1-2/h5-8,12-13H,9-11H2,1-2H3;1-2H3. The summed E-state index contributed by atoms with van der Waals surface area (Å²) >= 11 is 0. The van der Waals surface area contributed by atoms with Crippen LogP contribution in [0.1, 0.15) is 31.9 Å². The first-order valence-electron chi connectivity index (χ1n) is 11.7. The molecule has 2 aromatic carbocycles. The van der Waals surface area contributed by atoms with Crippen molar-refractivity contribution in [3.63, 3.8) is 0 Å². The molecule has 1 fully saturated rings. The summed E-state index contributed by atoms with van der Waals surface area (Å²) in [5, 5.41) is 0. The Balaban J connectivity index is 0.00000274. The first kappa shape index (κ1) is 31.9. The van der Waals surface area contributed by atoms with Gasteiger partial charge in [0, 0.05) is 32.7 Å². The second kappa shape index (κ2) is 12.7. The lowest BCUT2D eigenvalue weighted by Gasteiger charge is -2.25. The number of ether oxygens (including phenoxy) is 1. The van der Waals surface area contributed by atoms with Crippen molar-refractivity contribution >= 4 is 29.3 Å². The van der Waals surface area contributed by atoms with Gasteiger partial charge in [-0.2, -0.15) is 26.3 Å². The first-order valence-corrected chi connectivity index (χ1v) is 11.7. The zero-order chi connectivity index (χ0) is 30.4. The maximum absolute atomic E-state index is 13.9. The topological polar surface area (TPSA) is 70.2 Å². The van der Waals surface area contributed by atoms with Crippen molar-refractivity contribution in [2.45, 2.75) is 33.1 Å². The number of carbonyl (C=O) groups is 3. The number of ketones is 1. The normalized spacial score (nSPS) is 13.2. The molecule has 0 saturated carbocycles. The third kappa shape index (κ3) is 7.64. The zero-order valence-electron chi connectivity index (χ0n) is 21.7. The SMILES string of the molecule is CC.CC(=O)C#CCN1CCN(c2cc(C(F)(F)F)cc(C(F)(F)F)c2OC(=O)N(C)c2ccc(F)cc2)C1=O. The molecule has 0 radical (unpaired) electrons. The Bertz CT molecular complexity index is 1310. The van der Waals surface area contributed by atoms with E-state index < -0.39 is 58.6 Å². The molecule has 2 aromatic rings. The van der Waals surface area contributed by atoms with Crippen LogP contribution in [-0.2, 0) is 17.1 Å². The van der Waals surface area contributed by atoms with Crippen molar-refractivity contribution in [2.75, 3.05) is 36.5 Å². The van der Waals surface area contributed by atoms with Crippen molar-refractivity contribution in [1.82, 2.24) is 4.90 Å². The van der Waals surface area contributed by atoms with Gasteiger partial charge in [-0.25, -0.2) is 14.0 Å². The smallest absolute Gasteiger partial charge is 0.407 e. The van der Waals surface area contributed by atoms with E-state index in [1.807, 2.05) is 13.8 Å². The second-order valence-electron chi connectivity index (χ2n) is 7.98.